The number of halogens is 1. The maximum atomic E-state index is 12.8. The molecule has 0 aliphatic rings. The molecule has 0 saturated carbocycles. The average molecular weight is 291 g/mol. The number of aliphatic carboxylic acids is 1. The SMILES string of the molecule is Cn1cc(C(NC(=O)Cc2ccc(F)cc2)C(=O)O)cn1. The first-order valence-corrected chi connectivity index (χ1v) is 6.21. The van der Waals surface area contributed by atoms with Crippen LogP contribution in [-0.4, -0.2) is 26.8 Å². The van der Waals surface area contributed by atoms with E-state index in [-0.39, 0.29) is 6.42 Å². The fraction of sp³-hybridized carbons (Fsp3) is 0.214. The van der Waals surface area contributed by atoms with Gasteiger partial charge < -0.3 is 10.4 Å². The molecule has 1 heterocycles. The Bertz CT molecular complexity index is 652. The zero-order valence-corrected chi connectivity index (χ0v) is 11.3. The summed E-state index contributed by atoms with van der Waals surface area (Å²) < 4.78 is 14.2. The summed E-state index contributed by atoms with van der Waals surface area (Å²) in [5, 5.41) is 15.5. The van der Waals surface area contributed by atoms with Crippen LogP contribution < -0.4 is 5.32 Å². The normalized spacial score (nSPS) is 11.9. The van der Waals surface area contributed by atoms with E-state index in [1.165, 1.54) is 41.3 Å². The number of benzene rings is 1. The van der Waals surface area contributed by atoms with Crippen LogP contribution in [-0.2, 0) is 23.1 Å². The Hall–Kier alpha value is -2.70. The number of hydrogen-bond donors (Lipinski definition) is 2. The number of carboxylic acid groups (broad SMARTS) is 1. The molecule has 1 amide bonds. The number of nitrogens with one attached hydrogen (secondary N) is 1. The maximum absolute atomic E-state index is 12.8. The minimum Gasteiger partial charge on any atom is -0.479 e. The van der Waals surface area contributed by atoms with Crippen LogP contribution in [0.15, 0.2) is 36.7 Å². The van der Waals surface area contributed by atoms with E-state index in [1.807, 2.05) is 0 Å². The second-order valence-electron chi connectivity index (χ2n) is 4.59. The van der Waals surface area contributed by atoms with Gasteiger partial charge in [-0.15, -0.1) is 0 Å². The van der Waals surface area contributed by atoms with E-state index in [1.54, 1.807) is 7.05 Å². The highest BCUT2D eigenvalue weighted by molar-refractivity contribution is 5.85. The molecule has 1 aromatic carbocycles. The second-order valence-corrected chi connectivity index (χ2v) is 4.59. The molecule has 0 aliphatic carbocycles. The van der Waals surface area contributed by atoms with Gasteiger partial charge in [0, 0.05) is 18.8 Å². The van der Waals surface area contributed by atoms with Crippen molar-refractivity contribution in [2.45, 2.75) is 12.5 Å². The molecule has 2 rings (SSSR count). The van der Waals surface area contributed by atoms with Crippen molar-refractivity contribution in [2.24, 2.45) is 7.05 Å². The van der Waals surface area contributed by atoms with Crippen molar-refractivity contribution in [2.75, 3.05) is 0 Å². The topological polar surface area (TPSA) is 84.2 Å². The van der Waals surface area contributed by atoms with Crippen LogP contribution in [0.4, 0.5) is 4.39 Å². The summed E-state index contributed by atoms with van der Waals surface area (Å²) in [6, 6.07) is 4.30. The fourth-order valence-electron chi connectivity index (χ4n) is 1.88. The van der Waals surface area contributed by atoms with E-state index in [2.05, 4.69) is 10.4 Å². The van der Waals surface area contributed by atoms with E-state index in [0.29, 0.717) is 11.1 Å². The third-order valence-corrected chi connectivity index (χ3v) is 2.89. The Morgan fingerprint density at radius 3 is 2.57 bits per heavy atom. The van der Waals surface area contributed by atoms with Crippen LogP contribution in [0.1, 0.15) is 17.2 Å². The highest BCUT2D eigenvalue weighted by atomic mass is 19.1. The summed E-state index contributed by atoms with van der Waals surface area (Å²) in [7, 11) is 1.66. The molecule has 0 aliphatic heterocycles. The Balaban J connectivity index is 2.05. The monoisotopic (exact) mass is 291 g/mol. The molecular formula is C14H14FN3O3. The molecule has 2 aromatic rings. The van der Waals surface area contributed by atoms with Crippen molar-refractivity contribution in [3.8, 4) is 0 Å². The minimum absolute atomic E-state index is 0.0235. The Morgan fingerprint density at radius 2 is 2.05 bits per heavy atom. The fourth-order valence-corrected chi connectivity index (χ4v) is 1.88. The summed E-state index contributed by atoms with van der Waals surface area (Å²) in [4.78, 5) is 23.1. The van der Waals surface area contributed by atoms with Gasteiger partial charge in [-0.2, -0.15) is 5.10 Å². The number of nitrogens with zero attached hydrogens (tertiary/aromatic N) is 2. The third kappa shape index (κ3) is 3.88. The lowest BCUT2D eigenvalue weighted by Crippen LogP contribution is -2.34. The summed E-state index contributed by atoms with van der Waals surface area (Å²) in [6.45, 7) is 0. The van der Waals surface area contributed by atoms with Crippen molar-refractivity contribution in [3.63, 3.8) is 0 Å². The zero-order valence-electron chi connectivity index (χ0n) is 11.3. The van der Waals surface area contributed by atoms with Gasteiger partial charge in [-0.25, -0.2) is 9.18 Å². The van der Waals surface area contributed by atoms with Crippen LogP contribution in [0, 0.1) is 5.82 Å². The largest absolute Gasteiger partial charge is 0.479 e. The number of aryl methyl sites for hydroxylation is 1. The van der Waals surface area contributed by atoms with Gasteiger partial charge in [0.25, 0.3) is 0 Å². The molecule has 2 N–H and O–H groups in total. The molecule has 7 heteroatoms. The van der Waals surface area contributed by atoms with Crippen molar-refractivity contribution in [1.29, 1.82) is 0 Å². The van der Waals surface area contributed by atoms with Crippen molar-refractivity contribution < 1.29 is 19.1 Å². The van der Waals surface area contributed by atoms with Gasteiger partial charge in [-0.3, -0.25) is 9.48 Å². The van der Waals surface area contributed by atoms with Gasteiger partial charge in [0.15, 0.2) is 6.04 Å². The Kier molecular flexibility index (Phi) is 4.32. The predicted molar refractivity (Wildman–Crippen MR) is 71.8 cm³/mol. The summed E-state index contributed by atoms with van der Waals surface area (Å²) in [5.74, 6) is -2.02. The van der Waals surface area contributed by atoms with Crippen LogP contribution in [0.3, 0.4) is 0 Å². The lowest BCUT2D eigenvalue weighted by atomic mass is 10.1. The third-order valence-electron chi connectivity index (χ3n) is 2.89. The van der Waals surface area contributed by atoms with Crippen molar-refractivity contribution >= 4 is 11.9 Å². The lowest BCUT2D eigenvalue weighted by Gasteiger charge is -2.12. The van der Waals surface area contributed by atoms with Gasteiger partial charge in [-0.1, -0.05) is 12.1 Å². The zero-order chi connectivity index (χ0) is 15.4. The molecule has 110 valence electrons. The van der Waals surface area contributed by atoms with Crippen molar-refractivity contribution in [1.82, 2.24) is 15.1 Å². The molecule has 0 spiro atoms. The number of carbonyl (C=O) groups excluding carboxylic acids is 1. The van der Waals surface area contributed by atoms with Crippen LogP contribution >= 0.6 is 0 Å². The summed E-state index contributed by atoms with van der Waals surface area (Å²) in [6.07, 6.45) is 2.89. The smallest absolute Gasteiger partial charge is 0.331 e. The van der Waals surface area contributed by atoms with E-state index in [4.69, 9.17) is 0 Å². The van der Waals surface area contributed by atoms with Gasteiger partial charge in [0.2, 0.25) is 5.91 Å². The molecule has 21 heavy (non-hydrogen) atoms. The molecule has 0 bridgehead atoms. The molecule has 1 aromatic heterocycles. The number of aromatic nitrogens is 2. The highest BCUT2D eigenvalue weighted by Gasteiger charge is 2.23. The van der Waals surface area contributed by atoms with E-state index >= 15 is 0 Å². The average Bonchev–Trinajstić information content (AvgIpc) is 2.85. The van der Waals surface area contributed by atoms with E-state index in [9.17, 15) is 19.1 Å². The first-order valence-electron chi connectivity index (χ1n) is 6.21. The van der Waals surface area contributed by atoms with Gasteiger partial charge >= 0.3 is 5.97 Å². The Morgan fingerprint density at radius 1 is 1.38 bits per heavy atom. The first-order chi connectivity index (χ1) is 9.95. The molecule has 0 saturated heterocycles. The van der Waals surface area contributed by atoms with E-state index < -0.39 is 23.7 Å². The molecule has 0 fully saturated rings. The van der Waals surface area contributed by atoms with Gasteiger partial charge in [-0.05, 0) is 17.7 Å². The number of hydrogen-bond acceptors (Lipinski definition) is 3. The van der Waals surface area contributed by atoms with Gasteiger partial charge in [0.1, 0.15) is 5.82 Å². The molecule has 1 unspecified atom stereocenters. The highest BCUT2D eigenvalue weighted by Crippen LogP contribution is 2.12. The first kappa shape index (κ1) is 14.7. The van der Waals surface area contributed by atoms with Crippen LogP contribution in [0.2, 0.25) is 0 Å². The quantitative estimate of drug-likeness (QED) is 0.862. The predicted octanol–water partition coefficient (Wildman–Crippen LogP) is 1.04. The number of rotatable bonds is 5. The molecule has 1 atom stereocenters. The number of carbonyl (C=O) groups is 2. The second kappa shape index (κ2) is 6.17. The number of carboxylic acids is 1. The minimum atomic E-state index is -1.17. The lowest BCUT2D eigenvalue weighted by molar-refractivity contribution is -0.141. The number of amides is 1. The standard InChI is InChI=1S/C14H14FN3O3/c1-18-8-10(7-16-18)13(14(20)21)17-12(19)6-9-2-4-11(15)5-3-9/h2-5,7-8,13H,6H2,1H3,(H,17,19)(H,20,21). The van der Waals surface area contributed by atoms with Gasteiger partial charge in [0.05, 0.1) is 12.6 Å². The molecule has 0 radical (unpaired) electrons. The van der Waals surface area contributed by atoms with E-state index in [0.717, 1.165) is 0 Å². The maximum Gasteiger partial charge on any atom is 0.331 e. The molecule has 6 nitrogen and oxygen atoms in total. The summed E-state index contributed by atoms with van der Waals surface area (Å²) >= 11 is 0. The summed E-state index contributed by atoms with van der Waals surface area (Å²) in [5.41, 5.74) is 0.988. The molecular weight excluding hydrogens is 277 g/mol. The van der Waals surface area contributed by atoms with Crippen LogP contribution in [0.25, 0.3) is 0 Å². The van der Waals surface area contributed by atoms with Crippen molar-refractivity contribution in [3.05, 3.63) is 53.6 Å². The Labute approximate surface area is 120 Å². The van der Waals surface area contributed by atoms with Crippen LogP contribution in [0.5, 0.6) is 0 Å².